The second-order valence-corrected chi connectivity index (χ2v) is 10.5. The number of nitrogens with one attached hydrogen (secondary N) is 1. The van der Waals surface area contributed by atoms with Gasteiger partial charge in [0.05, 0.1) is 31.0 Å². The molecular weight excluding hydrogens is 465 g/mol. The summed E-state index contributed by atoms with van der Waals surface area (Å²) in [7, 11) is 0. The summed E-state index contributed by atoms with van der Waals surface area (Å²) in [5, 5.41) is 3.09. The van der Waals surface area contributed by atoms with Crippen LogP contribution in [0.25, 0.3) is 4.85 Å². The van der Waals surface area contributed by atoms with Crippen molar-refractivity contribution in [3.63, 3.8) is 0 Å². The summed E-state index contributed by atoms with van der Waals surface area (Å²) in [6.45, 7) is 11.0. The molecule has 10 heteroatoms. The van der Waals surface area contributed by atoms with Crippen molar-refractivity contribution in [2.45, 2.75) is 50.2 Å². The Hall–Kier alpha value is -3.45. The van der Waals surface area contributed by atoms with Gasteiger partial charge in [-0.25, -0.2) is 24.0 Å². The molecule has 6 rings (SSSR count). The summed E-state index contributed by atoms with van der Waals surface area (Å²) < 4.78 is 32.6. The molecule has 0 spiro atoms. The molecule has 1 amide bonds. The van der Waals surface area contributed by atoms with E-state index in [1.807, 2.05) is 6.92 Å². The molecule has 2 saturated heterocycles. The third-order valence-electron chi connectivity index (χ3n) is 7.46. The number of aromatic nitrogens is 2. The van der Waals surface area contributed by atoms with E-state index in [0.29, 0.717) is 38.0 Å². The zero-order chi connectivity index (χ0) is 24.9. The normalized spacial score (nSPS) is 26.0. The van der Waals surface area contributed by atoms with Gasteiger partial charge in [-0.1, -0.05) is 6.07 Å². The van der Waals surface area contributed by atoms with Gasteiger partial charge in [0.15, 0.2) is 5.69 Å². The zero-order valence-corrected chi connectivity index (χ0v) is 20.1. The monoisotopic (exact) mass is 493 g/mol. The van der Waals surface area contributed by atoms with Crippen LogP contribution in [0, 0.1) is 24.2 Å². The second kappa shape index (κ2) is 8.89. The highest BCUT2D eigenvalue weighted by Gasteiger charge is 2.47. The average molecular weight is 494 g/mol. The van der Waals surface area contributed by atoms with Crippen molar-refractivity contribution in [2.24, 2.45) is 11.8 Å². The van der Waals surface area contributed by atoms with Gasteiger partial charge in [-0.15, -0.1) is 0 Å². The highest BCUT2D eigenvalue weighted by Crippen LogP contribution is 2.48. The molecule has 4 aliphatic rings. The number of piperidine rings is 1. The number of benzene rings is 1. The largest absolute Gasteiger partial charge is 0.473 e. The summed E-state index contributed by atoms with van der Waals surface area (Å²) in [6, 6.07) is 4.31. The molecule has 2 bridgehead atoms. The smallest absolute Gasteiger partial charge is 0.410 e. The minimum Gasteiger partial charge on any atom is -0.473 e. The lowest BCUT2D eigenvalue weighted by Gasteiger charge is -2.46. The van der Waals surface area contributed by atoms with Gasteiger partial charge in [0, 0.05) is 24.9 Å². The Morgan fingerprint density at radius 1 is 1.25 bits per heavy atom. The maximum atomic E-state index is 14.6. The van der Waals surface area contributed by atoms with Crippen molar-refractivity contribution in [3.05, 3.63) is 47.3 Å². The number of nitrogens with zero attached hydrogens (tertiary/aromatic N) is 4. The maximum absolute atomic E-state index is 14.6. The van der Waals surface area contributed by atoms with Crippen molar-refractivity contribution in [1.29, 1.82) is 0 Å². The van der Waals surface area contributed by atoms with Crippen LogP contribution in [0.1, 0.15) is 44.1 Å². The van der Waals surface area contributed by atoms with Crippen LogP contribution in [0.5, 0.6) is 5.88 Å². The Morgan fingerprint density at radius 2 is 2.00 bits per heavy atom. The zero-order valence-electron chi connectivity index (χ0n) is 20.1. The van der Waals surface area contributed by atoms with Crippen LogP contribution < -0.4 is 10.1 Å². The molecule has 1 aromatic carbocycles. The van der Waals surface area contributed by atoms with Crippen molar-refractivity contribution >= 4 is 23.3 Å². The SMILES string of the molecule is [C-]#[N+]c1ccc(Nc2ncnc(OC3C4COCC3CN(C(=O)OC3(C)CC3)C4)c2C2CC2)c(F)c1. The highest BCUT2D eigenvalue weighted by atomic mass is 19.1. The fourth-order valence-electron chi connectivity index (χ4n) is 5.04. The number of hydrogen-bond acceptors (Lipinski definition) is 7. The van der Waals surface area contributed by atoms with Crippen molar-refractivity contribution in [3.8, 4) is 5.88 Å². The minimum atomic E-state index is -0.516. The van der Waals surface area contributed by atoms with Gasteiger partial charge >= 0.3 is 6.09 Å². The van der Waals surface area contributed by atoms with Gasteiger partial charge in [-0.2, -0.15) is 0 Å². The molecule has 9 nitrogen and oxygen atoms in total. The quantitative estimate of drug-likeness (QED) is 0.578. The molecule has 188 valence electrons. The van der Waals surface area contributed by atoms with Gasteiger partial charge in [0.1, 0.15) is 29.7 Å². The molecule has 1 aromatic heterocycles. The van der Waals surface area contributed by atoms with Gasteiger partial charge in [0.25, 0.3) is 0 Å². The number of ether oxygens (including phenoxy) is 3. The predicted octanol–water partition coefficient (Wildman–Crippen LogP) is 4.80. The van der Waals surface area contributed by atoms with E-state index < -0.39 is 5.82 Å². The van der Waals surface area contributed by atoms with E-state index in [1.54, 1.807) is 17.0 Å². The van der Waals surface area contributed by atoms with E-state index in [4.69, 9.17) is 20.8 Å². The fourth-order valence-corrected chi connectivity index (χ4v) is 5.04. The van der Waals surface area contributed by atoms with E-state index in [1.165, 1.54) is 12.4 Å². The molecule has 4 fully saturated rings. The lowest BCUT2D eigenvalue weighted by Crippen LogP contribution is -2.59. The summed E-state index contributed by atoms with van der Waals surface area (Å²) in [6.07, 6.45) is 4.79. The standard InChI is InChI=1S/C26H28FN5O4/c1-26(7-8-26)36-25(33)32-10-16-12-34-13-17(11-32)22(16)35-24-21(15-3-4-15)23(29-14-30-24)31-20-6-5-18(28-2)9-19(20)27/h5-6,9,14-17,22H,3-4,7-8,10-13H2,1H3,(H,29,30,31). The van der Waals surface area contributed by atoms with E-state index in [0.717, 1.165) is 31.2 Å². The molecule has 0 radical (unpaired) electrons. The third kappa shape index (κ3) is 4.55. The molecule has 2 unspecified atom stereocenters. The summed E-state index contributed by atoms with van der Waals surface area (Å²) in [4.78, 5) is 26.7. The van der Waals surface area contributed by atoms with Gasteiger partial charge in [-0.05, 0) is 50.7 Å². The second-order valence-electron chi connectivity index (χ2n) is 10.5. The number of carbonyl (C=O) groups excluding carboxylic acids is 1. The van der Waals surface area contributed by atoms with Gasteiger partial charge < -0.3 is 24.4 Å². The molecule has 2 aromatic rings. The van der Waals surface area contributed by atoms with E-state index >= 15 is 0 Å². The Morgan fingerprint density at radius 3 is 2.64 bits per heavy atom. The molecule has 2 saturated carbocycles. The first-order valence-electron chi connectivity index (χ1n) is 12.4. The number of hydrogen-bond donors (Lipinski definition) is 1. The molecule has 2 atom stereocenters. The molecule has 3 heterocycles. The first kappa shape index (κ1) is 23.0. The number of rotatable bonds is 6. The number of fused-ring (bicyclic) bond motifs is 2. The summed E-state index contributed by atoms with van der Waals surface area (Å²) in [5.41, 5.74) is 1.02. The van der Waals surface area contributed by atoms with Crippen molar-refractivity contribution in [1.82, 2.24) is 14.9 Å². The number of amides is 1. The number of likely N-dealkylation sites (tertiary alicyclic amines) is 1. The topological polar surface area (TPSA) is 90.2 Å². The van der Waals surface area contributed by atoms with Crippen molar-refractivity contribution < 1.29 is 23.4 Å². The lowest BCUT2D eigenvalue weighted by atomic mass is 9.84. The minimum absolute atomic E-state index is 0.00547. The van der Waals surface area contributed by atoms with E-state index in [2.05, 4.69) is 20.1 Å². The summed E-state index contributed by atoms with van der Waals surface area (Å²) >= 11 is 0. The van der Waals surface area contributed by atoms with Crippen molar-refractivity contribution in [2.75, 3.05) is 31.6 Å². The molecular formula is C26H28FN5O4. The highest BCUT2D eigenvalue weighted by molar-refractivity contribution is 5.69. The van der Waals surface area contributed by atoms with Crippen LogP contribution in [0.2, 0.25) is 0 Å². The Balaban J connectivity index is 1.22. The number of carbonyl (C=O) groups is 1. The van der Waals surface area contributed by atoms with Crippen LogP contribution >= 0.6 is 0 Å². The Labute approximate surface area is 208 Å². The van der Waals surface area contributed by atoms with Crippen LogP contribution in [0.4, 0.5) is 26.4 Å². The molecule has 36 heavy (non-hydrogen) atoms. The predicted molar refractivity (Wildman–Crippen MR) is 128 cm³/mol. The van der Waals surface area contributed by atoms with E-state index in [9.17, 15) is 9.18 Å². The fraction of sp³-hybridized carbons (Fsp3) is 0.538. The third-order valence-corrected chi connectivity index (χ3v) is 7.46. The van der Waals surface area contributed by atoms with Crippen LogP contribution in [0.15, 0.2) is 24.5 Å². The lowest BCUT2D eigenvalue weighted by molar-refractivity contribution is -0.112. The van der Waals surface area contributed by atoms with E-state index in [-0.39, 0.29) is 46.9 Å². The molecule has 1 N–H and O–H groups in total. The summed E-state index contributed by atoms with van der Waals surface area (Å²) in [5.74, 6) is 0.717. The van der Waals surface area contributed by atoms with Crippen LogP contribution in [-0.4, -0.2) is 59.0 Å². The first-order chi connectivity index (χ1) is 17.4. The van der Waals surface area contributed by atoms with Crippen LogP contribution in [0.3, 0.4) is 0 Å². The molecule has 2 aliphatic carbocycles. The Kier molecular flexibility index (Phi) is 5.67. The van der Waals surface area contributed by atoms with Gasteiger partial charge in [0.2, 0.25) is 5.88 Å². The number of halogens is 1. The van der Waals surface area contributed by atoms with Crippen LogP contribution in [-0.2, 0) is 9.47 Å². The Bertz CT molecular complexity index is 1210. The van der Waals surface area contributed by atoms with Gasteiger partial charge in [-0.3, -0.25) is 0 Å². The maximum Gasteiger partial charge on any atom is 0.410 e. The molecule has 2 aliphatic heterocycles. The first-order valence-corrected chi connectivity index (χ1v) is 12.4. The average Bonchev–Trinajstić information content (AvgIpc) is 3.78. The number of anilines is 2.